The minimum absolute atomic E-state index is 0.0947. The third kappa shape index (κ3) is 4.58. The van der Waals surface area contributed by atoms with E-state index >= 15 is 0 Å². The Kier molecular flexibility index (Phi) is 6.44. The molecule has 6 heteroatoms. The zero-order chi connectivity index (χ0) is 20.0. The van der Waals surface area contributed by atoms with Crippen LogP contribution in [0.5, 0.6) is 0 Å². The highest BCUT2D eigenvalue weighted by atomic mass is 16.5. The van der Waals surface area contributed by atoms with Crippen molar-refractivity contribution in [2.75, 3.05) is 25.5 Å². The molecule has 1 fully saturated rings. The van der Waals surface area contributed by atoms with Gasteiger partial charge in [0.15, 0.2) is 0 Å². The number of hydrogen-bond donors (Lipinski definition) is 3. The molecule has 0 aromatic heterocycles. The molecule has 2 amide bonds. The second-order valence-corrected chi connectivity index (χ2v) is 7.09. The summed E-state index contributed by atoms with van der Waals surface area (Å²) in [5.74, 6) is -0.259. The van der Waals surface area contributed by atoms with Crippen molar-refractivity contribution < 1.29 is 14.3 Å². The van der Waals surface area contributed by atoms with Gasteiger partial charge in [0, 0.05) is 18.4 Å². The number of methoxy groups -OCH3 is 1. The van der Waals surface area contributed by atoms with Crippen LogP contribution in [0.15, 0.2) is 54.6 Å². The normalized spacial score (nSPS) is 16.8. The summed E-state index contributed by atoms with van der Waals surface area (Å²) in [4.78, 5) is 25.2. The summed E-state index contributed by atoms with van der Waals surface area (Å²) in [6, 6.07) is 16.4. The van der Waals surface area contributed by atoms with Crippen molar-refractivity contribution >= 4 is 17.5 Å². The van der Waals surface area contributed by atoms with E-state index in [2.05, 4.69) is 16.0 Å². The molecular formula is C22H27N3O3. The monoisotopic (exact) mass is 381 g/mol. The highest BCUT2D eigenvalue weighted by Crippen LogP contribution is 2.25. The summed E-state index contributed by atoms with van der Waals surface area (Å²) in [5, 5.41) is 9.22. The van der Waals surface area contributed by atoms with Gasteiger partial charge in [-0.2, -0.15) is 0 Å². The lowest BCUT2D eigenvalue weighted by molar-refractivity contribution is -0.147. The number of carbonyl (C=O) groups is 2. The maximum absolute atomic E-state index is 12.8. The predicted octanol–water partition coefficient (Wildman–Crippen LogP) is 2.88. The van der Waals surface area contributed by atoms with E-state index in [4.69, 9.17) is 4.74 Å². The molecule has 0 saturated carbocycles. The van der Waals surface area contributed by atoms with Crippen LogP contribution in [0.25, 0.3) is 0 Å². The molecule has 28 heavy (non-hydrogen) atoms. The maximum Gasteiger partial charge on any atom is 0.255 e. The summed E-state index contributed by atoms with van der Waals surface area (Å²) >= 11 is 0. The molecular weight excluding hydrogens is 354 g/mol. The smallest absolute Gasteiger partial charge is 0.255 e. The topological polar surface area (TPSA) is 79.5 Å². The molecule has 0 aliphatic carbocycles. The molecule has 0 spiro atoms. The highest BCUT2D eigenvalue weighted by molar-refractivity contribution is 6.04. The first-order chi connectivity index (χ1) is 13.5. The van der Waals surface area contributed by atoms with Gasteiger partial charge in [-0.3, -0.25) is 9.59 Å². The molecule has 1 unspecified atom stereocenters. The summed E-state index contributed by atoms with van der Waals surface area (Å²) in [5.41, 5.74) is 1.43. The van der Waals surface area contributed by atoms with Gasteiger partial charge >= 0.3 is 0 Å². The van der Waals surface area contributed by atoms with Crippen LogP contribution in [-0.2, 0) is 9.53 Å². The van der Waals surface area contributed by atoms with Crippen LogP contribution in [0.1, 0.15) is 41.7 Å². The second kappa shape index (κ2) is 8.99. The molecule has 1 aliphatic heterocycles. The van der Waals surface area contributed by atoms with Crippen LogP contribution < -0.4 is 16.0 Å². The fourth-order valence-electron chi connectivity index (χ4n) is 3.44. The Morgan fingerprint density at radius 1 is 1.07 bits per heavy atom. The van der Waals surface area contributed by atoms with Crippen molar-refractivity contribution in [2.24, 2.45) is 0 Å². The zero-order valence-electron chi connectivity index (χ0n) is 16.3. The van der Waals surface area contributed by atoms with Crippen LogP contribution in [-0.4, -0.2) is 37.6 Å². The Balaban J connectivity index is 1.67. The van der Waals surface area contributed by atoms with E-state index < -0.39 is 5.60 Å². The molecule has 1 atom stereocenters. The molecule has 0 bridgehead atoms. The van der Waals surface area contributed by atoms with Gasteiger partial charge in [0.2, 0.25) is 0 Å². The molecule has 3 N–H and O–H groups in total. The molecule has 6 nitrogen and oxygen atoms in total. The van der Waals surface area contributed by atoms with Gasteiger partial charge < -0.3 is 20.7 Å². The van der Waals surface area contributed by atoms with Crippen molar-refractivity contribution in [2.45, 2.75) is 31.4 Å². The van der Waals surface area contributed by atoms with Gasteiger partial charge in [-0.1, -0.05) is 30.3 Å². The number of anilines is 1. The van der Waals surface area contributed by atoms with Crippen molar-refractivity contribution in [1.82, 2.24) is 10.6 Å². The van der Waals surface area contributed by atoms with Crippen LogP contribution in [0.4, 0.5) is 5.69 Å². The summed E-state index contributed by atoms with van der Waals surface area (Å²) in [6.45, 7) is 3.45. The van der Waals surface area contributed by atoms with Gasteiger partial charge in [-0.15, -0.1) is 0 Å². The van der Waals surface area contributed by atoms with Crippen molar-refractivity contribution in [3.8, 4) is 0 Å². The average Bonchev–Trinajstić information content (AvgIpc) is 2.75. The molecule has 1 saturated heterocycles. The number of ether oxygens (including phenoxy) is 1. The molecule has 2 aromatic rings. The van der Waals surface area contributed by atoms with Crippen molar-refractivity contribution in [3.63, 3.8) is 0 Å². The Morgan fingerprint density at radius 2 is 1.79 bits per heavy atom. The Bertz CT molecular complexity index is 817. The van der Waals surface area contributed by atoms with Gasteiger partial charge in [0.25, 0.3) is 11.8 Å². The minimum Gasteiger partial charge on any atom is -0.368 e. The van der Waals surface area contributed by atoms with Crippen LogP contribution in [0.3, 0.4) is 0 Å². The average molecular weight is 381 g/mol. The Labute approximate surface area is 165 Å². The molecule has 3 rings (SSSR count). The lowest BCUT2D eigenvalue weighted by Crippen LogP contribution is -2.54. The van der Waals surface area contributed by atoms with E-state index in [-0.39, 0.29) is 17.9 Å². The van der Waals surface area contributed by atoms with E-state index in [0.717, 1.165) is 18.7 Å². The number of hydrogen-bond acceptors (Lipinski definition) is 4. The van der Waals surface area contributed by atoms with Crippen LogP contribution >= 0.6 is 0 Å². The number of piperidine rings is 1. The van der Waals surface area contributed by atoms with E-state index in [0.29, 0.717) is 24.1 Å². The summed E-state index contributed by atoms with van der Waals surface area (Å²) in [7, 11) is 1.59. The third-order valence-electron chi connectivity index (χ3n) is 5.24. The third-order valence-corrected chi connectivity index (χ3v) is 5.24. The Hall–Kier alpha value is -2.70. The quantitative estimate of drug-likeness (QED) is 0.719. The molecule has 1 heterocycles. The first-order valence-electron chi connectivity index (χ1n) is 9.57. The lowest BCUT2D eigenvalue weighted by Gasteiger charge is -2.35. The van der Waals surface area contributed by atoms with Gasteiger partial charge in [-0.05, 0) is 62.7 Å². The number of nitrogens with one attached hydrogen (secondary N) is 3. The van der Waals surface area contributed by atoms with E-state index in [1.54, 1.807) is 19.2 Å². The number of rotatable bonds is 6. The van der Waals surface area contributed by atoms with E-state index in [9.17, 15) is 9.59 Å². The largest absolute Gasteiger partial charge is 0.368 e. The molecule has 1 aliphatic rings. The standard InChI is InChI=1S/C22H27N3O3/c1-16(24-21(27)22(28-2)11-13-23-14-12-22)18-9-6-10-19(15-18)25-20(26)17-7-4-3-5-8-17/h3-10,15-16,23H,11-14H2,1-2H3,(H,24,27)(H,25,26). The van der Waals surface area contributed by atoms with Crippen molar-refractivity contribution in [1.29, 1.82) is 0 Å². The maximum atomic E-state index is 12.8. The SMILES string of the molecule is COC1(C(=O)NC(C)c2cccc(NC(=O)c3ccccc3)c2)CCNCC1. The van der Waals surface area contributed by atoms with E-state index in [1.807, 2.05) is 49.4 Å². The highest BCUT2D eigenvalue weighted by Gasteiger charge is 2.40. The first kappa shape index (κ1) is 20.0. The van der Waals surface area contributed by atoms with Crippen LogP contribution in [0.2, 0.25) is 0 Å². The fourth-order valence-corrected chi connectivity index (χ4v) is 3.44. The first-order valence-corrected chi connectivity index (χ1v) is 9.57. The number of amides is 2. The summed E-state index contributed by atoms with van der Waals surface area (Å²) < 4.78 is 5.59. The van der Waals surface area contributed by atoms with E-state index in [1.165, 1.54) is 0 Å². The van der Waals surface area contributed by atoms with Crippen molar-refractivity contribution in [3.05, 3.63) is 65.7 Å². The molecule has 148 valence electrons. The summed E-state index contributed by atoms with van der Waals surface area (Å²) in [6.07, 6.45) is 1.30. The zero-order valence-corrected chi connectivity index (χ0v) is 16.3. The second-order valence-electron chi connectivity index (χ2n) is 7.09. The predicted molar refractivity (Wildman–Crippen MR) is 109 cm³/mol. The fraction of sp³-hybridized carbons (Fsp3) is 0.364. The number of benzene rings is 2. The van der Waals surface area contributed by atoms with Gasteiger partial charge in [0.1, 0.15) is 5.60 Å². The number of carbonyl (C=O) groups excluding carboxylic acids is 2. The minimum atomic E-state index is -0.779. The van der Waals surface area contributed by atoms with Crippen LogP contribution in [0, 0.1) is 0 Å². The molecule has 2 aromatic carbocycles. The Morgan fingerprint density at radius 3 is 2.46 bits per heavy atom. The lowest BCUT2D eigenvalue weighted by atomic mass is 9.90. The molecule has 0 radical (unpaired) electrons. The van der Waals surface area contributed by atoms with Gasteiger partial charge in [0.05, 0.1) is 6.04 Å². The van der Waals surface area contributed by atoms with Gasteiger partial charge in [-0.25, -0.2) is 0 Å².